The zero-order valence-corrected chi connectivity index (χ0v) is 10.3. The van der Waals surface area contributed by atoms with Crippen LogP contribution >= 0.6 is 0 Å². The molecule has 1 amide bonds. The van der Waals surface area contributed by atoms with Crippen molar-refractivity contribution in [1.29, 1.82) is 0 Å². The maximum absolute atomic E-state index is 12.0. The summed E-state index contributed by atoms with van der Waals surface area (Å²) in [4.78, 5) is 12.0. The van der Waals surface area contributed by atoms with Gasteiger partial charge in [-0.05, 0) is 31.9 Å². The van der Waals surface area contributed by atoms with E-state index in [1.54, 1.807) is 0 Å². The lowest BCUT2D eigenvalue weighted by Gasteiger charge is -2.24. The summed E-state index contributed by atoms with van der Waals surface area (Å²) in [7, 11) is 0. The molecule has 1 fully saturated rings. The summed E-state index contributed by atoms with van der Waals surface area (Å²) in [5.74, 6) is 0.309. The lowest BCUT2D eigenvalue weighted by atomic mass is 9.98. The van der Waals surface area contributed by atoms with Gasteiger partial charge in [-0.1, -0.05) is 30.3 Å². The molecule has 2 atom stereocenters. The number of hydrogen-bond donors (Lipinski definition) is 2. The van der Waals surface area contributed by atoms with E-state index < -0.39 is 0 Å². The summed E-state index contributed by atoms with van der Waals surface area (Å²) >= 11 is 0. The highest BCUT2D eigenvalue weighted by atomic mass is 16.1. The minimum Gasteiger partial charge on any atom is -0.349 e. The third kappa shape index (κ3) is 3.30. The van der Waals surface area contributed by atoms with Crippen molar-refractivity contribution >= 4 is 5.91 Å². The van der Waals surface area contributed by atoms with Crippen LogP contribution in [-0.4, -0.2) is 19.0 Å². The molecule has 1 aromatic rings. The molecule has 3 heteroatoms. The van der Waals surface area contributed by atoms with E-state index in [4.69, 9.17) is 0 Å². The van der Waals surface area contributed by atoms with Crippen LogP contribution in [0, 0.1) is 5.92 Å². The first kappa shape index (κ1) is 12.1. The number of carbonyl (C=O) groups is 1. The summed E-state index contributed by atoms with van der Waals surface area (Å²) < 4.78 is 0. The Hall–Kier alpha value is -1.35. The Labute approximate surface area is 103 Å². The zero-order chi connectivity index (χ0) is 12.1. The number of rotatable bonds is 3. The number of carbonyl (C=O) groups excluding carboxylic acids is 1. The van der Waals surface area contributed by atoms with E-state index >= 15 is 0 Å². The van der Waals surface area contributed by atoms with E-state index in [-0.39, 0.29) is 17.9 Å². The fourth-order valence-corrected chi connectivity index (χ4v) is 2.23. The molecule has 17 heavy (non-hydrogen) atoms. The maximum Gasteiger partial charge on any atom is 0.224 e. The van der Waals surface area contributed by atoms with Crippen LogP contribution in [0.25, 0.3) is 0 Å². The molecule has 1 aliphatic rings. The summed E-state index contributed by atoms with van der Waals surface area (Å²) in [6.45, 7) is 3.88. The van der Waals surface area contributed by atoms with Gasteiger partial charge in [-0.25, -0.2) is 0 Å². The van der Waals surface area contributed by atoms with Crippen molar-refractivity contribution in [2.75, 3.05) is 13.1 Å². The summed E-state index contributed by atoms with van der Waals surface area (Å²) in [5.41, 5.74) is 1.16. The fourth-order valence-electron chi connectivity index (χ4n) is 2.23. The van der Waals surface area contributed by atoms with Gasteiger partial charge in [-0.15, -0.1) is 0 Å². The topological polar surface area (TPSA) is 41.1 Å². The Morgan fingerprint density at radius 2 is 2.18 bits per heavy atom. The Kier molecular flexibility index (Phi) is 4.15. The van der Waals surface area contributed by atoms with Gasteiger partial charge in [0.15, 0.2) is 0 Å². The molecule has 0 aromatic heterocycles. The third-order valence-corrected chi connectivity index (χ3v) is 3.33. The van der Waals surface area contributed by atoms with E-state index in [2.05, 4.69) is 10.6 Å². The van der Waals surface area contributed by atoms with E-state index in [1.165, 1.54) is 0 Å². The fraction of sp³-hybridized carbons (Fsp3) is 0.500. The van der Waals surface area contributed by atoms with Gasteiger partial charge in [-0.2, -0.15) is 0 Å². The highest BCUT2D eigenvalue weighted by molar-refractivity contribution is 5.79. The highest BCUT2D eigenvalue weighted by Gasteiger charge is 2.22. The van der Waals surface area contributed by atoms with E-state index in [0.29, 0.717) is 0 Å². The Bertz CT molecular complexity index is 358. The maximum atomic E-state index is 12.0. The quantitative estimate of drug-likeness (QED) is 0.835. The van der Waals surface area contributed by atoms with E-state index in [9.17, 15) is 4.79 Å². The second kappa shape index (κ2) is 5.82. The number of benzene rings is 1. The van der Waals surface area contributed by atoms with Crippen LogP contribution < -0.4 is 10.6 Å². The normalized spacial score (nSPS) is 21.8. The molecule has 0 saturated carbocycles. The van der Waals surface area contributed by atoms with Crippen molar-refractivity contribution < 1.29 is 4.79 Å². The first-order valence-electron chi connectivity index (χ1n) is 6.33. The number of piperidine rings is 1. The molecule has 1 saturated heterocycles. The van der Waals surface area contributed by atoms with Gasteiger partial charge in [0.2, 0.25) is 5.91 Å². The predicted octanol–water partition coefficient (Wildman–Crippen LogP) is 1.86. The highest BCUT2D eigenvalue weighted by Crippen LogP contribution is 2.15. The van der Waals surface area contributed by atoms with Crippen LogP contribution in [0.2, 0.25) is 0 Å². The summed E-state index contributed by atoms with van der Waals surface area (Å²) in [6.07, 6.45) is 2.10. The first-order valence-corrected chi connectivity index (χ1v) is 6.33. The van der Waals surface area contributed by atoms with Crippen molar-refractivity contribution in [2.45, 2.75) is 25.8 Å². The molecule has 0 aliphatic carbocycles. The smallest absolute Gasteiger partial charge is 0.224 e. The van der Waals surface area contributed by atoms with Crippen molar-refractivity contribution in [1.82, 2.24) is 10.6 Å². The van der Waals surface area contributed by atoms with Gasteiger partial charge >= 0.3 is 0 Å². The van der Waals surface area contributed by atoms with Crippen LogP contribution in [0.5, 0.6) is 0 Å². The molecular weight excluding hydrogens is 212 g/mol. The second-order valence-corrected chi connectivity index (χ2v) is 4.68. The largest absolute Gasteiger partial charge is 0.349 e. The van der Waals surface area contributed by atoms with Crippen molar-refractivity contribution in [2.24, 2.45) is 5.92 Å². The van der Waals surface area contributed by atoms with Gasteiger partial charge in [0.05, 0.1) is 12.0 Å². The third-order valence-electron chi connectivity index (χ3n) is 3.33. The average molecular weight is 232 g/mol. The Morgan fingerprint density at radius 1 is 1.41 bits per heavy atom. The van der Waals surface area contributed by atoms with Crippen LogP contribution in [0.3, 0.4) is 0 Å². The molecule has 1 aliphatic heterocycles. The number of nitrogens with one attached hydrogen (secondary N) is 2. The van der Waals surface area contributed by atoms with Gasteiger partial charge < -0.3 is 10.6 Å². The first-order chi connectivity index (χ1) is 8.27. The van der Waals surface area contributed by atoms with Gasteiger partial charge in [0.1, 0.15) is 0 Å². The van der Waals surface area contributed by atoms with E-state index in [1.807, 2.05) is 37.3 Å². The standard InChI is InChI=1S/C14H20N2O/c1-11(12-6-3-2-4-7-12)16-14(17)13-8-5-9-15-10-13/h2-4,6-7,11,13,15H,5,8-10H2,1H3,(H,16,17)/t11-,13+/m0/s1. The lowest BCUT2D eigenvalue weighted by Crippen LogP contribution is -2.41. The SMILES string of the molecule is C[C@H](NC(=O)[C@@H]1CCCNC1)c1ccccc1. The number of hydrogen-bond acceptors (Lipinski definition) is 2. The summed E-state index contributed by atoms with van der Waals surface area (Å²) in [6, 6.07) is 10.2. The van der Waals surface area contributed by atoms with Gasteiger partial charge in [0.25, 0.3) is 0 Å². The van der Waals surface area contributed by atoms with E-state index in [0.717, 1.165) is 31.5 Å². The number of amides is 1. The minimum absolute atomic E-state index is 0.0885. The minimum atomic E-state index is 0.0885. The van der Waals surface area contributed by atoms with Crippen molar-refractivity contribution in [3.05, 3.63) is 35.9 Å². The summed E-state index contributed by atoms with van der Waals surface area (Å²) in [5, 5.41) is 6.35. The molecular formula is C14H20N2O. The molecule has 0 bridgehead atoms. The monoisotopic (exact) mass is 232 g/mol. The predicted molar refractivity (Wildman–Crippen MR) is 68.6 cm³/mol. The molecule has 2 N–H and O–H groups in total. The van der Waals surface area contributed by atoms with Crippen LogP contribution in [0.1, 0.15) is 31.4 Å². The van der Waals surface area contributed by atoms with Crippen LogP contribution in [0.15, 0.2) is 30.3 Å². The molecule has 1 heterocycles. The molecule has 0 unspecified atom stereocenters. The molecule has 92 valence electrons. The van der Waals surface area contributed by atoms with Gasteiger partial charge in [0, 0.05) is 6.54 Å². The molecule has 0 radical (unpaired) electrons. The lowest BCUT2D eigenvalue weighted by molar-refractivity contribution is -0.126. The van der Waals surface area contributed by atoms with Gasteiger partial charge in [-0.3, -0.25) is 4.79 Å². The molecule has 3 nitrogen and oxygen atoms in total. The average Bonchev–Trinajstić information content (AvgIpc) is 2.40. The van der Waals surface area contributed by atoms with Crippen LogP contribution in [-0.2, 0) is 4.79 Å². The Balaban J connectivity index is 1.89. The zero-order valence-electron chi connectivity index (χ0n) is 10.3. The second-order valence-electron chi connectivity index (χ2n) is 4.68. The molecule has 2 rings (SSSR count). The Morgan fingerprint density at radius 3 is 2.82 bits per heavy atom. The van der Waals surface area contributed by atoms with Crippen LogP contribution in [0.4, 0.5) is 0 Å². The van der Waals surface area contributed by atoms with Crippen molar-refractivity contribution in [3.8, 4) is 0 Å². The molecule has 0 spiro atoms. The molecule has 1 aromatic carbocycles. The van der Waals surface area contributed by atoms with Crippen molar-refractivity contribution in [3.63, 3.8) is 0 Å².